The molecule has 7 aromatic carbocycles. The quantitative estimate of drug-likeness (QED) is 0.128. The van der Waals surface area contributed by atoms with E-state index in [0.717, 1.165) is 104 Å². The highest BCUT2D eigenvalue weighted by molar-refractivity contribution is 6.09. The number of aromatic hydroxyl groups is 2. The number of allylic oxidation sites excluding steroid dienone is 3. The van der Waals surface area contributed by atoms with Crippen LogP contribution in [0, 0.1) is 19.8 Å². The van der Waals surface area contributed by atoms with Crippen molar-refractivity contribution < 1.29 is 14.9 Å². The van der Waals surface area contributed by atoms with Crippen LogP contribution in [0.4, 0.5) is 11.4 Å². The first kappa shape index (κ1) is 44.2. The fourth-order valence-corrected chi connectivity index (χ4v) is 10.2. The van der Waals surface area contributed by atoms with Crippen molar-refractivity contribution >= 4 is 33.2 Å². The molecule has 0 spiro atoms. The number of fused-ring (bicyclic) bond motifs is 4. The van der Waals surface area contributed by atoms with Crippen LogP contribution in [0.5, 0.6) is 17.2 Å². The van der Waals surface area contributed by atoms with Gasteiger partial charge in [-0.3, -0.25) is 0 Å². The second-order valence-corrected chi connectivity index (χ2v) is 18.5. The zero-order valence-corrected chi connectivity index (χ0v) is 39.5. The lowest BCUT2D eigenvalue weighted by Crippen LogP contribution is -2.19. The molecule has 2 heterocycles. The van der Waals surface area contributed by atoms with Crippen molar-refractivity contribution in [2.24, 2.45) is 5.92 Å². The summed E-state index contributed by atoms with van der Waals surface area (Å²) in [6.07, 6.45) is 11.9. The Bertz CT molecular complexity index is 3080. The van der Waals surface area contributed by atoms with Crippen LogP contribution in [0.1, 0.15) is 80.3 Å². The second kappa shape index (κ2) is 18.9. The standard InChI is InChI=1S/C61H62N2O3/c1-8-44-26-28-46(50(37-44)52-33-40(4)35-57(60(52)64)62-30-18-10-11-19-42(6)47-20-12-15-23-54(47)62)32-39(3)31-43(7)66-59-29-27-45(9-2)38-51(59)53-34-41(5)36-58(61(53)65)63-55-24-16-13-21-48(55)49-22-14-17-25-56(49)63/h10-29,33-39,42-43,64-65H,8-9,30-32H2,1-7H3/b18-10-,19-11-/t39?,42?,43-/m0/s1. The third-order valence-electron chi connectivity index (χ3n) is 13.5. The number of rotatable bonds is 12. The number of anilines is 2. The number of para-hydroxylation sites is 3. The molecule has 3 atom stereocenters. The topological polar surface area (TPSA) is 57.9 Å². The van der Waals surface area contributed by atoms with E-state index >= 15 is 0 Å². The van der Waals surface area contributed by atoms with Crippen LogP contribution in [-0.4, -0.2) is 27.4 Å². The van der Waals surface area contributed by atoms with Gasteiger partial charge in [0.15, 0.2) is 0 Å². The molecule has 0 saturated carbocycles. The van der Waals surface area contributed by atoms with E-state index < -0.39 is 0 Å². The highest BCUT2D eigenvalue weighted by Gasteiger charge is 2.25. The van der Waals surface area contributed by atoms with Crippen molar-refractivity contribution in [1.29, 1.82) is 0 Å². The van der Waals surface area contributed by atoms with E-state index in [-0.39, 0.29) is 23.7 Å². The molecule has 0 radical (unpaired) electrons. The van der Waals surface area contributed by atoms with Gasteiger partial charge in [-0.05, 0) is 146 Å². The third-order valence-corrected chi connectivity index (χ3v) is 13.5. The van der Waals surface area contributed by atoms with Gasteiger partial charge in [-0.1, -0.05) is 131 Å². The number of benzene rings is 7. The zero-order chi connectivity index (χ0) is 46.1. The summed E-state index contributed by atoms with van der Waals surface area (Å²) in [4.78, 5) is 2.26. The van der Waals surface area contributed by atoms with Crippen LogP contribution >= 0.6 is 0 Å². The molecule has 2 unspecified atom stereocenters. The Labute approximate surface area is 391 Å². The molecule has 0 bridgehead atoms. The predicted molar refractivity (Wildman–Crippen MR) is 277 cm³/mol. The summed E-state index contributed by atoms with van der Waals surface area (Å²) in [5, 5.41) is 27.1. The summed E-state index contributed by atoms with van der Waals surface area (Å²) < 4.78 is 9.12. The van der Waals surface area contributed by atoms with Gasteiger partial charge in [0.25, 0.3) is 0 Å². The van der Waals surface area contributed by atoms with Gasteiger partial charge in [0, 0.05) is 45.6 Å². The van der Waals surface area contributed by atoms with Gasteiger partial charge in [0.05, 0.1) is 28.5 Å². The average molecular weight is 871 g/mol. The summed E-state index contributed by atoms with van der Waals surface area (Å²) in [5.41, 5.74) is 15.3. The van der Waals surface area contributed by atoms with E-state index in [9.17, 15) is 10.2 Å². The highest BCUT2D eigenvalue weighted by atomic mass is 16.5. The summed E-state index contributed by atoms with van der Waals surface area (Å²) in [5.74, 6) is 1.76. The van der Waals surface area contributed by atoms with Gasteiger partial charge in [-0.2, -0.15) is 0 Å². The van der Waals surface area contributed by atoms with Crippen LogP contribution in [-0.2, 0) is 19.3 Å². The van der Waals surface area contributed by atoms with Crippen molar-refractivity contribution in [2.45, 2.75) is 86.2 Å². The molecule has 1 aliphatic heterocycles. The van der Waals surface area contributed by atoms with E-state index in [0.29, 0.717) is 12.3 Å². The lowest BCUT2D eigenvalue weighted by atomic mass is 9.88. The van der Waals surface area contributed by atoms with Gasteiger partial charge < -0.3 is 24.4 Å². The van der Waals surface area contributed by atoms with Crippen molar-refractivity contribution in [2.75, 3.05) is 11.4 Å². The average Bonchev–Trinajstić information content (AvgIpc) is 3.69. The van der Waals surface area contributed by atoms with Gasteiger partial charge in [-0.15, -0.1) is 0 Å². The normalized spacial score (nSPS) is 15.7. The van der Waals surface area contributed by atoms with E-state index in [1.807, 2.05) is 0 Å². The van der Waals surface area contributed by atoms with Crippen molar-refractivity contribution in [3.8, 4) is 45.2 Å². The molecular weight excluding hydrogens is 809 g/mol. The minimum atomic E-state index is -0.117. The summed E-state index contributed by atoms with van der Waals surface area (Å²) in [6.45, 7) is 15.9. The Kier molecular flexibility index (Phi) is 12.6. The van der Waals surface area contributed by atoms with Gasteiger partial charge >= 0.3 is 0 Å². The Morgan fingerprint density at radius 1 is 0.621 bits per heavy atom. The fourth-order valence-electron chi connectivity index (χ4n) is 10.2. The van der Waals surface area contributed by atoms with Crippen molar-refractivity contribution in [3.63, 3.8) is 0 Å². The zero-order valence-electron chi connectivity index (χ0n) is 39.5. The van der Waals surface area contributed by atoms with Crippen LogP contribution < -0.4 is 9.64 Å². The molecule has 5 nitrogen and oxygen atoms in total. The molecule has 66 heavy (non-hydrogen) atoms. The maximum Gasteiger partial charge on any atom is 0.147 e. The minimum Gasteiger partial charge on any atom is -0.505 e. The number of phenols is 2. The van der Waals surface area contributed by atoms with E-state index in [4.69, 9.17) is 4.74 Å². The molecule has 0 aliphatic carbocycles. The van der Waals surface area contributed by atoms with Gasteiger partial charge in [-0.25, -0.2) is 0 Å². The fraction of sp³-hybridized carbons (Fsp3) is 0.246. The van der Waals surface area contributed by atoms with Crippen LogP contribution in [0.3, 0.4) is 0 Å². The summed E-state index contributed by atoms with van der Waals surface area (Å²) >= 11 is 0. The number of aromatic nitrogens is 1. The largest absolute Gasteiger partial charge is 0.505 e. The SMILES string of the molecule is CCc1ccc(CC(C)C[C@H](C)Oc2ccc(CC)cc2-c2cc(C)cc(-n3c4ccccc4c4ccccc43)c2O)c(-c2cc(C)cc(N3C/C=C\C=C/C(C)c4ccccc43)c2O)c1. The first-order chi connectivity index (χ1) is 32.0. The van der Waals surface area contributed by atoms with E-state index in [1.165, 1.54) is 22.3 Å². The van der Waals surface area contributed by atoms with Crippen LogP contribution in [0.2, 0.25) is 0 Å². The minimum absolute atomic E-state index is 0.117. The maximum absolute atomic E-state index is 12.4. The molecule has 1 aromatic heterocycles. The smallest absolute Gasteiger partial charge is 0.147 e. The molecule has 2 N–H and O–H groups in total. The number of hydrogen-bond acceptors (Lipinski definition) is 4. The molecule has 0 amide bonds. The Morgan fingerprint density at radius 2 is 1.21 bits per heavy atom. The third kappa shape index (κ3) is 8.63. The number of nitrogens with zero attached hydrogens (tertiary/aromatic N) is 2. The summed E-state index contributed by atoms with van der Waals surface area (Å²) in [7, 11) is 0. The molecular formula is C61H62N2O3. The predicted octanol–water partition coefficient (Wildman–Crippen LogP) is 15.7. The van der Waals surface area contributed by atoms with Gasteiger partial charge in [0.2, 0.25) is 0 Å². The summed E-state index contributed by atoms with van der Waals surface area (Å²) in [6, 6.07) is 47.0. The molecule has 5 heteroatoms. The Morgan fingerprint density at radius 3 is 1.91 bits per heavy atom. The lowest BCUT2D eigenvalue weighted by Gasteiger charge is -2.29. The molecule has 0 fully saturated rings. The number of ether oxygens (including phenoxy) is 1. The lowest BCUT2D eigenvalue weighted by molar-refractivity contribution is 0.190. The molecule has 334 valence electrons. The highest BCUT2D eigenvalue weighted by Crippen LogP contribution is 2.46. The first-order valence-electron chi connectivity index (χ1n) is 23.8. The number of phenolic OH excluding ortho intramolecular Hbond substituents is 2. The monoisotopic (exact) mass is 870 g/mol. The molecule has 9 rings (SSSR count). The molecule has 1 aliphatic rings. The van der Waals surface area contributed by atoms with Crippen molar-refractivity contribution in [3.05, 3.63) is 191 Å². The Hall–Kier alpha value is -6.98. The van der Waals surface area contributed by atoms with E-state index in [2.05, 4.69) is 216 Å². The number of hydrogen-bond donors (Lipinski definition) is 2. The second-order valence-electron chi connectivity index (χ2n) is 18.5. The molecule has 0 saturated heterocycles. The van der Waals surface area contributed by atoms with Gasteiger partial charge in [0.1, 0.15) is 17.2 Å². The van der Waals surface area contributed by atoms with Crippen LogP contribution in [0.25, 0.3) is 49.7 Å². The van der Waals surface area contributed by atoms with Crippen molar-refractivity contribution in [1.82, 2.24) is 4.57 Å². The molecule has 8 aromatic rings. The Balaban J connectivity index is 1.02. The maximum atomic E-state index is 12.4. The first-order valence-corrected chi connectivity index (χ1v) is 23.8. The van der Waals surface area contributed by atoms with E-state index in [1.54, 1.807) is 0 Å². The van der Waals surface area contributed by atoms with Crippen LogP contribution in [0.15, 0.2) is 158 Å². The number of aryl methyl sites for hydroxylation is 4.